The smallest absolute Gasteiger partial charge is 0.311 e. The molecule has 0 aliphatic rings. The lowest BCUT2D eigenvalue weighted by Gasteiger charge is -2.08. The number of esters is 1. The van der Waals surface area contributed by atoms with E-state index in [0.717, 1.165) is 5.56 Å². The normalized spacial score (nSPS) is 10.9. The fourth-order valence-electron chi connectivity index (χ4n) is 2.85. The van der Waals surface area contributed by atoms with E-state index in [1.54, 1.807) is 36.4 Å². The van der Waals surface area contributed by atoms with Gasteiger partial charge in [0.05, 0.1) is 11.6 Å². The van der Waals surface area contributed by atoms with Crippen molar-refractivity contribution in [3.8, 4) is 23.0 Å². The SMILES string of the molecule is O=C(CCCOc1ccc(Cl)cc1Cl)Oc1ccc2nc(-c3ccccc3)oc2c1. The molecule has 0 atom stereocenters. The Balaban J connectivity index is 1.31. The first-order valence-electron chi connectivity index (χ1n) is 9.33. The van der Waals surface area contributed by atoms with Crippen molar-refractivity contribution in [2.45, 2.75) is 12.8 Å². The molecular weight excluding hydrogens is 425 g/mol. The number of carbonyl (C=O) groups excluding carboxylic acids is 1. The second kappa shape index (κ2) is 9.20. The number of carbonyl (C=O) groups is 1. The summed E-state index contributed by atoms with van der Waals surface area (Å²) in [4.78, 5) is 16.6. The number of oxazole rings is 1. The standard InChI is InChI=1S/C23H17Cl2NO4/c24-16-8-11-20(18(25)13-16)28-12-4-7-22(27)29-17-9-10-19-21(14-17)30-23(26-19)15-5-2-1-3-6-15/h1-3,5-6,8-11,13-14H,4,7,12H2. The number of hydrogen-bond donors (Lipinski definition) is 0. The Bertz CT molecular complexity index is 1170. The van der Waals surface area contributed by atoms with Gasteiger partial charge in [0, 0.05) is 23.1 Å². The molecule has 0 unspecified atom stereocenters. The van der Waals surface area contributed by atoms with Gasteiger partial charge in [0.2, 0.25) is 5.89 Å². The molecule has 0 aliphatic heterocycles. The van der Waals surface area contributed by atoms with Crippen LogP contribution in [-0.4, -0.2) is 17.6 Å². The first-order chi connectivity index (χ1) is 14.6. The lowest BCUT2D eigenvalue weighted by molar-refractivity contribution is -0.134. The number of aromatic nitrogens is 1. The van der Waals surface area contributed by atoms with Crippen molar-refractivity contribution in [1.29, 1.82) is 0 Å². The third kappa shape index (κ3) is 4.93. The van der Waals surface area contributed by atoms with Gasteiger partial charge in [0.1, 0.15) is 17.0 Å². The highest BCUT2D eigenvalue weighted by Gasteiger charge is 2.11. The van der Waals surface area contributed by atoms with Crippen LogP contribution in [0.25, 0.3) is 22.6 Å². The third-order valence-corrected chi connectivity index (χ3v) is 4.82. The molecular formula is C23H17Cl2NO4. The van der Waals surface area contributed by atoms with Crippen LogP contribution < -0.4 is 9.47 Å². The summed E-state index contributed by atoms with van der Waals surface area (Å²) in [7, 11) is 0. The number of hydrogen-bond acceptors (Lipinski definition) is 5. The van der Waals surface area contributed by atoms with E-state index in [4.69, 9.17) is 37.1 Å². The summed E-state index contributed by atoms with van der Waals surface area (Å²) in [5, 5.41) is 0.968. The average molecular weight is 442 g/mol. The molecule has 0 saturated carbocycles. The Hall–Kier alpha value is -3.02. The second-order valence-corrected chi connectivity index (χ2v) is 7.36. The van der Waals surface area contributed by atoms with Gasteiger partial charge in [-0.3, -0.25) is 4.79 Å². The highest BCUT2D eigenvalue weighted by atomic mass is 35.5. The summed E-state index contributed by atoms with van der Waals surface area (Å²) < 4.78 is 16.8. The van der Waals surface area contributed by atoms with E-state index in [0.29, 0.717) is 51.6 Å². The Morgan fingerprint density at radius 2 is 1.83 bits per heavy atom. The van der Waals surface area contributed by atoms with Gasteiger partial charge < -0.3 is 13.9 Å². The molecule has 0 fully saturated rings. The molecule has 0 bridgehead atoms. The van der Waals surface area contributed by atoms with E-state index >= 15 is 0 Å². The van der Waals surface area contributed by atoms with Crippen LogP contribution in [0.4, 0.5) is 0 Å². The Labute approximate surface area is 183 Å². The quantitative estimate of drug-likeness (QED) is 0.184. The zero-order valence-corrected chi connectivity index (χ0v) is 17.3. The van der Waals surface area contributed by atoms with E-state index in [1.165, 1.54) is 0 Å². The van der Waals surface area contributed by atoms with Gasteiger partial charge in [-0.15, -0.1) is 0 Å². The first kappa shape index (κ1) is 20.3. The van der Waals surface area contributed by atoms with Crippen molar-refractivity contribution < 1.29 is 18.7 Å². The van der Waals surface area contributed by atoms with Crippen molar-refractivity contribution in [3.05, 3.63) is 76.8 Å². The monoisotopic (exact) mass is 441 g/mol. The van der Waals surface area contributed by atoms with Gasteiger partial charge in [-0.1, -0.05) is 41.4 Å². The summed E-state index contributed by atoms with van der Waals surface area (Å²) >= 11 is 11.9. The fourth-order valence-corrected chi connectivity index (χ4v) is 3.31. The minimum atomic E-state index is -0.358. The average Bonchev–Trinajstić information content (AvgIpc) is 3.16. The third-order valence-electron chi connectivity index (χ3n) is 4.29. The van der Waals surface area contributed by atoms with Crippen molar-refractivity contribution in [2.75, 3.05) is 6.61 Å². The number of benzene rings is 3. The Morgan fingerprint density at radius 3 is 2.63 bits per heavy atom. The number of ether oxygens (including phenoxy) is 2. The molecule has 0 aliphatic carbocycles. The minimum Gasteiger partial charge on any atom is -0.492 e. The van der Waals surface area contributed by atoms with Gasteiger partial charge in [-0.2, -0.15) is 0 Å². The van der Waals surface area contributed by atoms with E-state index in [2.05, 4.69) is 4.98 Å². The van der Waals surface area contributed by atoms with Gasteiger partial charge in [0.25, 0.3) is 0 Å². The molecule has 1 heterocycles. The molecule has 0 spiro atoms. The zero-order chi connectivity index (χ0) is 20.9. The van der Waals surface area contributed by atoms with Crippen LogP contribution in [0.1, 0.15) is 12.8 Å². The van der Waals surface area contributed by atoms with E-state index in [-0.39, 0.29) is 12.4 Å². The van der Waals surface area contributed by atoms with Gasteiger partial charge >= 0.3 is 5.97 Å². The highest BCUT2D eigenvalue weighted by molar-refractivity contribution is 6.35. The minimum absolute atomic E-state index is 0.203. The van der Waals surface area contributed by atoms with Crippen molar-refractivity contribution in [3.63, 3.8) is 0 Å². The summed E-state index contributed by atoms with van der Waals surface area (Å²) in [6.07, 6.45) is 0.690. The second-order valence-electron chi connectivity index (χ2n) is 6.52. The summed E-state index contributed by atoms with van der Waals surface area (Å²) in [5.41, 5.74) is 2.13. The first-order valence-corrected chi connectivity index (χ1v) is 10.1. The van der Waals surface area contributed by atoms with Crippen molar-refractivity contribution >= 4 is 40.3 Å². The predicted octanol–water partition coefficient (Wildman–Crippen LogP) is 6.57. The topological polar surface area (TPSA) is 61.6 Å². The summed E-state index contributed by atoms with van der Waals surface area (Å²) in [6.45, 7) is 0.331. The van der Waals surface area contributed by atoms with Crippen molar-refractivity contribution in [2.24, 2.45) is 0 Å². The lowest BCUT2D eigenvalue weighted by atomic mass is 10.2. The number of fused-ring (bicyclic) bond motifs is 1. The van der Waals surface area contributed by atoms with Crippen LogP contribution in [-0.2, 0) is 4.79 Å². The van der Waals surface area contributed by atoms with Gasteiger partial charge in [-0.05, 0) is 48.9 Å². The highest BCUT2D eigenvalue weighted by Crippen LogP contribution is 2.28. The molecule has 0 N–H and O–H groups in total. The maximum Gasteiger partial charge on any atom is 0.311 e. The fraction of sp³-hybridized carbons (Fsp3) is 0.130. The molecule has 152 valence electrons. The van der Waals surface area contributed by atoms with Crippen LogP contribution in [0.15, 0.2) is 71.1 Å². The molecule has 5 nitrogen and oxygen atoms in total. The zero-order valence-electron chi connectivity index (χ0n) is 15.8. The molecule has 4 rings (SSSR count). The maximum absolute atomic E-state index is 12.1. The number of halogens is 2. The van der Waals surface area contributed by atoms with Crippen LogP contribution in [0.5, 0.6) is 11.5 Å². The largest absolute Gasteiger partial charge is 0.492 e. The molecule has 7 heteroatoms. The molecule has 0 amide bonds. The summed E-state index contributed by atoms with van der Waals surface area (Å²) in [5.74, 6) is 1.10. The van der Waals surface area contributed by atoms with Crippen LogP contribution in [0.3, 0.4) is 0 Å². The number of nitrogens with zero attached hydrogens (tertiary/aromatic N) is 1. The molecule has 4 aromatic rings. The van der Waals surface area contributed by atoms with Crippen LogP contribution in [0, 0.1) is 0 Å². The lowest BCUT2D eigenvalue weighted by Crippen LogP contribution is -2.10. The van der Waals surface area contributed by atoms with Crippen molar-refractivity contribution in [1.82, 2.24) is 4.98 Å². The Kier molecular flexibility index (Phi) is 6.21. The van der Waals surface area contributed by atoms with E-state index in [1.807, 2.05) is 30.3 Å². The van der Waals surface area contributed by atoms with E-state index < -0.39 is 0 Å². The van der Waals surface area contributed by atoms with Crippen LogP contribution in [0.2, 0.25) is 10.0 Å². The molecule has 0 saturated heterocycles. The molecule has 1 aromatic heterocycles. The predicted molar refractivity (Wildman–Crippen MR) is 116 cm³/mol. The maximum atomic E-state index is 12.1. The molecule has 3 aromatic carbocycles. The van der Waals surface area contributed by atoms with Gasteiger partial charge in [-0.25, -0.2) is 4.98 Å². The molecule has 0 radical (unpaired) electrons. The Morgan fingerprint density at radius 1 is 1.00 bits per heavy atom. The van der Waals surface area contributed by atoms with Crippen LogP contribution >= 0.6 is 23.2 Å². The van der Waals surface area contributed by atoms with Gasteiger partial charge in [0.15, 0.2) is 5.58 Å². The van der Waals surface area contributed by atoms with E-state index in [9.17, 15) is 4.79 Å². The summed E-state index contributed by atoms with van der Waals surface area (Å²) in [6, 6.07) is 19.7. The number of rotatable bonds is 7. The molecule has 30 heavy (non-hydrogen) atoms.